The molecule has 0 bridgehead atoms. The van der Waals surface area contributed by atoms with Gasteiger partial charge in [-0.1, -0.05) is 35.9 Å². The van der Waals surface area contributed by atoms with Crippen molar-refractivity contribution in [1.82, 2.24) is 16.2 Å². The second-order valence-electron chi connectivity index (χ2n) is 4.97. The van der Waals surface area contributed by atoms with Crippen LogP contribution in [-0.4, -0.2) is 18.4 Å². The number of aryl methyl sites for hydroxylation is 1. The number of carbonyl (C=O) groups excluding carboxylic acids is 2. The van der Waals surface area contributed by atoms with Crippen LogP contribution < -0.4 is 16.2 Å². The van der Waals surface area contributed by atoms with Crippen molar-refractivity contribution in [1.29, 1.82) is 0 Å². The third-order valence-electron chi connectivity index (χ3n) is 3.08. The number of carbonyl (C=O) groups is 2. The predicted molar refractivity (Wildman–Crippen MR) is 87.3 cm³/mol. The van der Waals surface area contributed by atoms with Crippen molar-refractivity contribution in [2.45, 2.75) is 19.9 Å². The lowest BCUT2D eigenvalue weighted by molar-refractivity contribution is -0.127. The number of rotatable bonds is 5. The third-order valence-corrected chi connectivity index (χ3v) is 4.02. The molecule has 3 N–H and O–H groups in total. The molecule has 2 rings (SSSR count). The van der Waals surface area contributed by atoms with Crippen LogP contribution in [0, 0.1) is 6.92 Å². The molecule has 0 aliphatic heterocycles. The van der Waals surface area contributed by atoms with Gasteiger partial charge in [-0.25, -0.2) is 0 Å². The van der Waals surface area contributed by atoms with Crippen LogP contribution >= 0.6 is 11.3 Å². The Labute approximate surface area is 133 Å². The highest BCUT2D eigenvalue weighted by Crippen LogP contribution is 2.26. The molecule has 6 heteroatoms. The Bertz CT molecular complexity index is 623. The molecule has 22 heavy (non-hydrogen) atoms. The van der Waals surface area contributed by atoms with E-state index < -0.39 is 0 Å². The zero-order valence-electron chi connectivity index (χ0n) is 12.6. The van der Waals surface area contributed by atoms with E-state index in [1.165, 1.54) is 12.5 Å². The van der Waals surface area contributed by atoms with Crippen LogP contribution in [0.15, 0.2) is 41.8 Å². The van der Waals surface area contributed by atoms with Gasteiger partial charge in [0.1, 0.15) is 0 Å². The van der Waals surface area contributed by atoms with E-state index in [2.05, 4.69) is 40.4 Å². The Balaban J connectivity index is 2.05. The molecule has 5 nitrogen and oxygen atoms in total. The number of amides is 2. The molecule has 2 amide bonds. The number of benzene rings is 1. The molecule has 1 heterocycles. The molecule has 2 aromatic rings. The Kier molecular flexibility index (Phi) is 5.68. The maximum absolute atomic E-state index is 11.7. The summed E-state index contributed by atoms with van der Waals surface area (Å²) in [5, 5.41) is 5.24. The highest BCUT2D eigenvalue weighted by molar-refractivity contribution is 7.10. The summed E-state index contributed by atoms with van der Waals surface area (Å²) in [5.41, 5.74) is 6.91. The lowest BCUT2D eigenvalue weighted by Gasteiger charge is -2.18. The average molecular weight is 317 g/mol. The normalized spacial score (nSPS) is 11.7. The van der Waals surface area contributed by atoms with Crippen LogP contribution in [0.25, 0.3) is 0 Å². The van der Waals surface area contributed by atoms with E-state index in [1.807, 2.05) is 24.4 Å². The Morgan fingerprint density at radius 1 is 1.14 bits per heavy atom. The van der Waals surface area contributed by atoms with Crippen molar-refractivity contribution in [3.63, 3.8) is 0 Å². The second kappa shape index (κ2) is 7.72. The monoisotopic (exact) mass is 317 g/mol. The SMILES string of the molecule is CC(=O)NNC(=O)CN[C@H](c1ccc(C)cc1)c1cccs1. The minimum atomic E-state index is -0.304. The fourth-order valence-corrected chi connectivity index (χ4v) is 2.82. The number of hydrogen-bond donors (Lipinski definition) is 3. The topological polar surface area (TPSA) is 70.2 Å². The van der Waals surface area contributed by atoms with Crippen LogP contribution in [0.4, 0.5) is 0 Å². The minimum Gasteiger partial charge on any atom is -0.297 e. The largest absolute Gasteiger partial charge is 0.297 e. The van der Waals surface area contributed by atoms with Crippen LogP contribution in [0.1, 0.15) is 29.0 Å². The first kappa shape index (κ1) is 16.2. The van der Waals surface area contributed by atoms with E-state index in [0.717, 1.165) is 10.4 Å². The lowest BCUT2D eigenvalue weighted by Crippen LogP contribution is -2.45. The predicted octanol–water partition coefficient (Wildman–Crippen LogP) is 1.90. The van der Waals surface area contributed by atoms with Crippen LogP contribution in [-0.2, 0) is 9.59 Å². The van der Waals surface area contributed by atoms with Crippen molar-refractivity contribution in [3.05, 3.63) is 57.8 Å². The molecule has 0 aliphatic carbocycles. The molecule has 116 valence electrons. The molecule has 0 spiro atoms. The molecular weight excluding hydrogens is 298 g/mol. The molecule has 0 aliphatic rings. The van der Waals surface area contributed by atoms with E-state index in [4.69, 9.17) is 0 Å². The molecule has 0 unspecified atom stereocenters. The summed E-state index contributed by atoms with van der Waals surface area (Å²) in [6.07, 6.45) is 0. The van der Waals surface area contributed by atoms with E-state index in [1.54, 1.807) is 11.3 Å². The van der Waals surface area contributed by atoms with Gasteiger partial charge in [-0.05, 0) is 23.9 Å². The van der Waals surface area contributed by atoms with Crippen LogP contribution in [0.2, 0.25) is 0 Å². The molecule has 1 aromatic heterocycles. The third kappa shape index (κ3) is 4.68. The van der Waals surface area contributed by atoms with Gasteiger partial charge < -0.3 is 0 Å². The maximum atomic E-state index is 11.7. The van der Waals surface area contributed by atoms with E-state index >= 15 is 0 Å². The molecule has 1 atom stereocenters. The van der Waals surface area contributed by atoms with E-state index in [0.29, 0.717) is 0 Å². The van der Waals surface area contributed by atoms with Gasteiger partial charge in [0.2, 0.25) is 5.91 Å². The number of thiophene rings is 1. The van der Waals surface area contributed by atoms with Gasteiger partial charge in [0.15, 0.2) is 0 Å². The van der Waals surface area contributed by atoms with Gasteiger partial charge in [-0.2, -0.15) is 0 Å². The maximum Gasteiger partial charge on any atom is 0.252 e. The standard InChI is InChI=1S/C16H19N3O2S/c1-11-5-7-13(8-6-11)16(14-4-3-9-22-14)17-10-15(21)19-18-12(2)20/h3-9,16-17H,10H2,1-2H3,(H,18,20)(H,19,21)/t16-/m1/s1. The van der Waals surface area contributed by atoms with Crippen molar-refractivity contribution in [3.8, 4) is 0 Å². The number of nitrogens with one attached hydrogen (secondary N) is 3. The first-order chi connectivity index (χ1) is 10.6. The fraction of sp³-hybridized carbons (Fsp3) is 0.250. The Morgan fingerprint density at radius 3 is 2.45 bits per heavy atom. The quantitative estimate of drug-likeness (QED) is 0.738. The Morgan fingerprint density at radius 2 is 1.86 bits per heavy atom. The summed E-state index contributed by atoms with van der Waals surface area (Å²) < 4.78 is 0. The van der Waals surface area contributed by atoms with Gasteiger partial charge in [-0.15, -0.1) is 11.3 Å². The summed E-state index contributed by atoms with van der Waals surface area (Å²) in [5.74, 6) is -0.592. The molecule has 0 saturated heterocycles. The fourth-order valence-electron chi connectivity index (χ4n) is 1.99. The zero-order valence-corrected chi connectivity index (χ0v) is 13.4. The smallest absolute Gasteiger partial charge is 0.252 e. The van der Waals surface area contributed by atoms with Gasteiger partial charge in [-0.3, -0.25) is 25.8 Å². The van der Waals surface area contributed by atoms with Gasteiger partial charge >= 0.3 is 0 Å². The second-order valence-corrected chi connectivity index (χ2v) is 5.95. The number of hydrazine groups is 1. The average Bonchev–Trinajstić information content (AvgIpc) is 3.01. The first-order valence-electron chi connectivity index (χ1n) is 6.95. The Hall–Kier alpha value is -2.18. The highest BCUT2D eigenvalue weighted by Gasteiger charge is 2.16. The van der Waals surface area contributed by atoms with Crippen LogP contribution in [0.3, 0.4) is 0 Å². The van der Waals surface area contributed by atoms with Gasteiger partial charge in [0, 0.05) is 11.8 Å². The molecule has 1 aromatic carbocycles. The van der Waals surface area contributed by atoms with Crippen LogP contribution in [0.5, 0.6) is 0 Å². The molecule has 0 fully saturated rings. The van der Waals surface area contributed by atoms with Gasteiger partial charge in [0.05, 0.1) is 12.6 Å². The number of hydrogen-bond acceptors (Lipinski definition) is 4. The summed E-state index contributed by atoms with van der Waals surface area (Å²) in [7, 11) is 0. The summed E-state index contributed by atoms with van der Waals surface area (Å²) in [6.45, 7) is 3.49. The molecular formula is C16H19N3O2S. The lowest BCUT2D eigenvalue weighted by atomic mass is 10.0. The minimum absolute atomic E-state index is 0.0521. The van der Waals surface area contributed by atoms with E-state index in [9.17, 15) is 9.59 Å². The van der Waals surface area contributed by atoms with Crippen molar-refractivity contribution < 1.29 is 9.59 Å². The van der Waals surface area contributed by atoms with E-state index in [-0.39, 0.29) is 24.4 Å². The summed E-state index contributed by atoms with van der Waals surface area (Å²) in [6, 6.07) is 12.2. The summed E-state index contributed by atoms with van der Waals surface area (Å²) in [4.78, 5) is 23.6. The molecule has 0 saturated carbocycles. The highest BCUT2D eigenvalue weighted by atomic mass is 32.1. The van der Waals surface area contributed by atoms with Crippen molar-refractivity contribution in [2.24, 2.45) is 0 Å². The zero-order chi connectivity index (χ0) is 15.9. The van der Waals surface area contributed by atoms with Gasteiger partial charge in [0.25, 0.3) is 5.91 Å². The van der Waals surface area contributed by atoms with Crippen molar-refractivity contribution in [2.75, 3.05) is 6.54 Å². The first-order valence-corrected chi connectivity index (χ1v) is 7.83. The van der Waals surface area contributed by atoms with Crippen molar-refractivity contribution >= 4 is 23.2 Å². The molecule has 0 radical (unpaired) electrons. The summed E-state index contributed by atoms with van der Waals surface area (Å²) >= 11 is 1.64.